The number of hydrogen-bond acceptors (Lipinski definition) is 4. The lowest BCUT2D eigenvalue weighted by molar-refractivity contribution is -0.154. The topological polar surface area (TPSA) is 59.8 Å². The maximum atomic E-state index is 12.3. The molecular weight excluding hydrogens is 318 g/mol. The van der Waals surface area contributed by atoms with Gasteiger partial charge in [0.1, 0.15) is 18.0 Å². The minimum Gasteiger partial charge on any atom is -0.457 e. The molecule has 1 fully saturated rings. The molecule has 0 bridgehead atoms. The van der Waals surface area contributed by atoms with Crippen LogP contribution in [0.3, 0.4) is 0 Å². The summed E-state index contributed by atoms with van der Waals surface area (Å²) in [6, 6.07) is 9.61. The molecule has 0 atom stereocenters. The number of furan rings is 1. The van der Waals surface area contributed by atoms with Crippen molar-refractivity contribution in [3.05, 3.63) is 36.1 Å². The first-order valence-corrected chi connectivity index (χ1v) is 8.78. The van der Waals surface area contributed by atoms with E-state index in [-0.39, 0.29) is 29.8 Å². The number of esters is 1. The monoisotopic (exact) mass is 343 g/mol. The van der Waals surface area contributed by atoms with Gasteiger partial charge in [0.2, 0.25) is 5.91 Å². The van der Waals surface area contributed by atoms with Gasteiger partial charge in [0.05, 0.1) is 5.92 Å². The van der Waals surface area contributed by atoms with Gasteiger partial charge in [-0.3, -0.25) is 9.59 Å². The van der Waals surface area contributed by atoms with Gasteiger partial charge in [-0.25, -0.2) is 0 Å². The molecule has 134 valence electrons. The maximum absolute atomic E-state index is 12.3. The molecule has 1 aromatic carbocycles. The SMILES string of the molecule is CC(C)(C)C(=O)N1CCC(C(=O)OCc2cc3ccccc3o2)CC1. The highest BCUT2D eigenvalue weighted by Gasteiger charge is 2.33. The van der Waals surface area contributed by atoms with Crippen molar-refractivity contribution in [3.8, 4) is 0 Å². The summed E-state index contributed by atoms with van der Waals surface area (Å²) in [5.41, 5.74) is 0.414. The molecule has 0 unspecified atom stereocenters. The molecule has 1 aromatic heterocycles. The summed E-state index contributed by atoms with van der Waals surface area (Å²) < 4.78 is 11.1. The third kappa shape index (κ3) is 4.03. The number of benzene rings is 1. The average molecular weight is 343 g/mol. The highest BCUT2D eigenvalue weighted by Crippen LogP contribution is 2.25. The lowest BCUT2D eigenvalue weighted by Gasteiger charge is -2.34. The molecule has 2 heterocycles. The highest BCUT2D eigenvalue weighted by molar-refractivity contribution is 5.82. The van der Waals surface area contributed by atoms with Gasteiger partial charge in [0.25, 0.3) is 0 Å². The zero-order chi connectivity index (χ0) is 18.0. The Morgan fingerprint density at radius 3 is 2.52 bits per heavy atom. The summed E-state index contributed by atoms with van der Waals surface area (Å²) in [4.78, 5) is 26.4. The summed E-state index contributed by atoms with van der Waals surface area (Å²) in [7, 11) is 0. The summed E-state index contributed by atoms with van der Waals surface area (Å²) in [6.45, 7) is 7.13. The predicted molar refractivity (Wildman–Crippen MR) is 94.8 cm³/mol. The molecular formula is C20H25NO4. The molecule has 5 nitrogen and oxygen atoms in total. The number of ether oxygens (including phenoxy) is 1. The first-order valence-electron chi connectivity index (χ1n) is 8.78. The Kier molecular flexibility index (Phi) is 4.84. The van der Waals surface area contributed by atoms with Gasteiger partial charge in [-0.05, 0) is 25.0 Å². The van der Waals surface area contributed by atoms with Gasteiger partial charge in [0, 0.05) is 23.9 Å². The van der Waals surface area contributed by atoms with Crippen molar-refractivity contribution in [1.82, 2.24) is 4.90 Å². The number of amides is 1. The van der Waals surface area contributed by atoms with E-state index in [0.29, 0.717) is 31.7 Å². The molecule has 0 saturated carbocycles. The number of nitrogens with zero attached hydrogens (tertiary/aromatic N) is 1. The van der Waals surface area contributed by atoms with E-state index in [0.717, 1.165) is 11.0 Å². The van der Waals surface area contributed by atoms with Crippen molar-refractivity contribution in [1.29, 1.82) is 0 Å². The number of likely N-dealkylation sites (tertiary alicyclic amines) is 1. The van der Waals surface area contributed by atoms with Crippen molar-refractivity contribution >= 4 is 22.8 Å². The van der Waals surface area contributed by atoms with Crippen molar-refractivity contribution < 1.29 is 18.7 Å². The number of carbonyl (C=O) groups excluding carboxylic acids is 2. The second-order valence-electron chi connectivity index (χ2n) is 7.67. The Hall–Kier alpha value is -2.30. The molecule has 5 heteroatoms. The summed E-state index contributed by atoms with van der Waals surface area (Å²) in [5, 5.41) is 1.00. The second kappa shape index (κ2) is 6.90. The fourth-order valence-corrected chi connectivity index (χ4v) is 3.16. The largest absolute Gasteiger partial charge is 0.457 e. The first-order chi connectivity index (χ1) is 11.8. The van der Waals surface area contributed by atoms with Crippen LogP contribution in [-0.2, 0) is 20.9 Å². The molecule has 1 amide bonds. The second-order valence-corrected chi connectivity index (χ2v) is 7.67. The first kappa shape index (κ1) is 17.5. The standard InChI is InChI=1S/C20H25NO4/c1-20(2,3)19(23)21-10-8-14(9-11-21)18(22)24-13-16-12-15-6-4-5-7-17(15)25-16/h4-7,12,14H,8-11,13H2,1-3H3. The Morgan fingerprint density at radius 1 is 1.20 bits per heavy atom. The smallest absolute Gasteiger partial charge is 0.309 e. The fourth-order valence-electron chi connectivity index (χ4n) is 3.16. The minimum atomic E-state index is -0.380. The molecule has 1 saturated heterocycles. The lowest BCUT2D eigenvalue weighted by atomic mass is 9.91. The number of para-hydroxylation sites is 1. The molecule has 1 aliphatic heterocycles. The Labute approximate surface area is 147 Å². The van der Waals surface area contributed by atoms with Crippen LogP contribution < -0.4 is 0 Å². The van der Waals surface area contributed by atoms with Crippen LogP contribution in [-0.4, -0.2) is 29.9 Å². The molecule has 1 aliphatic rings. The molecule has 3 rings (SSSR count). The van der Waals surface area contributed by atoms with Gasteiger partial charge in [-0.1, -0.05) is 39.0 Å². The Bertz CT molecular complexity index is 730. The zero-order valence-electron chi connectivity index (χ0n) is 15.1. The van der Waals surface area contributed by atoms with E-state index in [2.05, 4.69) is 0 Å². The Balaban J connectivity index is 1.50. The van der Waals surface area contributed by atoms with Crippen LogP contribution in [0.1, 0.15) is 39.4 Å². The van der Waals surface area contributed by atoms with E-state index >= 15 is 0 Å². The van der Waals surface area contributed by atoms with E-state index in [4.69, 9.17) is 9.15 Å². The van der Waals surface area contributed by atoms with Crippen molar-refractivity contribution in [2.75, 3.05) is 13.1 Å². The van der Waals surface area contributed by atoms with Crippen molar-refractivity contribution in [3.63, 3.8) is 0 Å². The highest BCUT2D eigenvalue weighted by atomic mass is 16.5. The van der Waals surface area contributed by atoms with E-state index in [1.807, 2.05) is 56.0 Å². The number of carbonyl (C=O) groups is 2. The quantitative estimate of drug-likeness (QED) is 0.796. The van der Waals surface area contributed by atoms with Crippen LogP contribution in [0, 0.1) is 11.3 Å². The number of rotatable bonds is 3. The van der Waals surface area contributed by atoms with Crippen molar-refractivity contribution in [2.24, 2.45) is 11.3 Å². The maximum Gasteiger partial charge on any atom is 0.309 e. The van der Waals surface area contributed by atoms with Crippen molar-refractivity contribution in [2.45, 2.75) is 40.2 Å². The third-order valence-corrected chi connectivity index (χ3v) is 4.59. The number of piperidine rings is 1. The molecule has 2 aromatic rings. The van der Waals surface area contributed by atoms with Crippen LogP contribution in [0.4, 0.5) is 0 Å². The van der Waals surface area contributed by atoms with E-state index < -0.39 is 0 Å². The van der Waals surface area contributed by atoms with E-state index in [1.54, 1.807) is 0 Å². The van der Waals surface area contributed by atoms with Crippen LogP contribution in [0.5, 0.6) is 0 Å². The van der Waals surface area contributed by atoms with Gasteiger partial charge >= 0.3 is 5.97 Å². The van der Waals surface area contributed by atoms with Gasteiger partial charge < -0.3 is 14.1 Å². The molecule has 0 aliphatic carbocycles. The van der Waals surface area contributed by atoms with Gasteiger partial charge in [-0.15, -0.1) is 0 Å². The summed E-state index contributed by atoms with van der Waals surface area (Å²) >= 11 is 0. The minimum absolute atomic E-state index is 0.140. The fraction of sp³-hybridized carbons (Fsp3) is 0.500. The average Bonchev–Trinajstić information content (AvgIpc) is 3.01. The zero-order valence-corrected chi connectivity index (χ0v) is 15.1. The Morgan fingerprint density at radius 2 is 1.88 bits per heavy atom. The summed E-state index contributed by atoms with van der Waals surface area (Å²) in [6.07, 6.45) is 1.31. The van der Waals surface area contributed by atoms with Crippen LogP contribution >= 0.6 is 0 Å². The number of fused-ring (bicyclic) bond motifs is 1. The van der Waals surface area contributed by atoms with Gasteiger partial charge in [0.15, 0.2) is 0 Å². The molecule has 0 spiro atoms. The molecule has 0 radical (unpaired) electrons. The van der Waals surface area contributed by atoms with Crippen LogP contribution in [0.2, 0.25) is 0 Å². The summed E-state index contributed by atoms with van der Waals surface area (Å²) in [5.74, 6) is 0.438. The van der Waals surface area contributed by atoms with E-state index in [9.17, 15) is 9.59 Å². The van der Waals surface area contributed by atoms with Crippen LogP contribution in [0.15, 0.2) is 34.7 Å². The van der Waals surface area contributed by atoms with E-state index in [1.165, 1.54) is 0 Å². The normalized spacial score (nSPS) is 16.2. The molecule has 25 heavy (non-hydrogen) atoms. The lowest BCUT2D eigenvalue weighted by Crippen LogP contribution is -2.45. The molecule has 0 N–H and O–H groups in total. The van der Waals surface area contributed by atoms with Gasteiger partial charge in [-0.2, -0.15) is 0 Å². The third-order valence-electron chi connectivity index (χ3n) is 4.59. The number of hydrogen-bond donors (Lipinski definition) is 0. The predicted octanol–water partition coefficient (Wildman–Crippen LogP) is 3.76. The van der Waals surface area contributed by atoms with Crippen LogP contribution in [0.25, 0.3) is 11.0 Å².